The fourth-order valence-corrected chi connectivity index (χ4v) is 2.86. The largest absolute Gasteiger partial charge is 0.495 e. The molecule has 3 nitrogen and oxygen atoms in total. The van der Waals surface area contributed by atoms with Crippen molar-refractivity contribution in [1.82, 2.24) is 0 Å². The molecule has 2 rings (SSSR count). The Bertz CT molecular complexity index is 437. The van der Waals surface area contributed by atoms with Crippen molar-refractivity contribution in [3.8, 4) is 5.75 Å². The van der Waals surface area contributed by atoms with E-state index in [9.17, 15) is 4.79 Å². The number of benzene rings is 1. The van der Waals surface area contributed by atoms with Gasteiger partial charge in [0.15, 0.2) is 0 Å². The van der Waals surface area contributed by atoms with Crippen LogP contribution in [0.25, 0.3) is 0 Å². The van der Waals surface area contributed by atoms with Gasteiger partial charge in [0.1, 0.15) is 5.75 Å². The van der Waals surface area contributed by atoms with Crippen molar-refractivity contribution >= 4 is 43.5 Å². The van der Waals surface area contributed by atoms with Gasteiger partial charge in [-0.15, -0.1) is 0 Å². The van der Waals surface area contributed by atoms with Gasteiger partial charge in [0, 0.05) is 11.0 Å². The number of amides is 1. The number of alkyl halides is 1. The van der Waals surface area contributed by atoms with E-state index in [-0.39, 0.29) is 10.7 Å². The number of rotatable bonds is 2. The summed E-state index contributed by atoms with van der Waals surface area (Å²) in [6.07, 6.45) is 1.89. The minimum Gasteiger partial charge on any atom is -0.495 e. The van der Waals surface area contributed by atoms with Gasteiger partial charge in [0.2, 0.25) is 5.91 Å². The summed E-state index contributed by atoms with van der Waals surface area (Å²) in [5, 5.41) is 0. The monoisotopic (exact) mass is 361 g/mol. The van der Waals surface area contributed by atoms with Crippen molar-refractivity contribution < 1.29 is 9.53 Å². The van der Waals surface area contributed by atoms with Crippen LogP contribution in [0.2, 0.25) is 0 Å². The second-order valence-corrected chi connectivity index (χ2v) is 5.94. The molecule has 1 amide bonds. The average molecular weight is 363 g/mol. The molecule has 0 spiro atoms. The number of halogens is 2. The molecule has 1 fully saturated rings. The van der Waals surface area contributed by atoms with E-state index in [1.807, 2.05) is 18.2 Å². The molecule has 1 unspecified atom stereocenters. The third-order valence-electron chi connectivity index (χ3n) is 2.80. The van der Waals surface area contributed by atoms with Crippen LogP contribution in [-0.4, -0.2) is 24.4 Å². The first-order chi connectivity index (χ1) is 8.13. The maximum absolute atomic E-state index is 12.1. The molecule has 0 aliphatic carbocycles. The minimum atomic E-state index is -0.0834. The molecule has 1 heterocycles. The Morgan fingerprint density at radius 1 is 1.47 bits per heavy atom. The number of hydrogen-bond donors (Lipinski definition) is 0. The fraction of sp³-hybridized carbons (Fsp3) is 0.417. The summed E-state index contributed by atoms with van der Waals surface area (Å²) in [5.74, 6) is 0.829. The Labute approximate surface area is 117 Å². The second-order valence-electron chi connectivity index (χ2n) is 3.92. The molecule has 1 aliphatic rings. The smallest absolute Gasteiger partial charge is 0.240 e. The molecule has 1 saturated heterocycles. The zero-order chi connectivity index (χ0) is 12.4. The molecule has 1 aliphatic heterocycles. The van der Waals surface area contributed by atoms with E-state index in [0.717, 1.165) is 35.3 Å². The van der Waals surface area contributed by atoms with Crippen LogP contribution in [0.5, 0.6) is 5.75 Å². The number of anilines is 1. The first-order valence-corrected chi connectivity index (χ1v) is 7.13. The van der Waals surface area contributed by atoms with Gasteiger partial charge in [-0.2, -0.15) is 0 Å². The predicted molar refractivity (Wildman–Crippen MR) is 75.0 cm³/mol. The molecule has 5 heteroatoms. The number of nitrogens with zero attached hydrogens (tertiary/aromatic N) is 1. The van der Waals surface area contributed by atoms with Crippen molar-refractivity contribution in [3.05, 3.63) is 22.7 Å². The maximum atomic E-state index is 12.1. The van der Waals surface area contributed by atoms with Crippen LogP contribution >= 0.6 is 31.9 Å². The topological polar surface area (TPSA) is 29.5 Å². The number of hydrogen-bond acceptors (Lipinski definition) is 2. The molecule has 92 valence electrons. The summed E-state index contributed by atoms with van der Waals surface area (Å²) < 4.78 is 6.25. The Morgan fingerprint density at radius 3 is 2.94 bits per heavy atom. The molecule has 17 heavy (non-hydrogen) atoms. The second kappa shape index (κ2) is 5.40. The normalized spacial score (nSPS) is 20.5. The lowest BCUT2D eigenvalue weighted by molar-refractivity contribution is -0.118. The van der Waals surface area contributed by atoms with E-state index < -0.39 is 0 Å². The SMILES string of the molecule is COc1ccc(Br)cc1N1CCCC(Br)C1=O. The van der Waals surface area contributed by atoms with Gasteiger partial charge in [0.05, 0.1) is 17.6 Å². The van der Waals surface area contributed by atoms with Gasteiger partial charge < -0.3 is 9.64 Å². The molecular formula is C12H13Br2NO2. The highest BCUT2D eigenvalue weighted by molar-refractivity contribution is 9.10. The highest BCUT2D eigenvalue weighted by Crippen LogP contribution is 2.34. The lowest BCUT2D eigenvalue weighted by atomic mass is 10.1. The molecule has 0 aromatic heterocycles. The van der Waals surface area contributed by atoms with Crippen molar-refractivity contribution in [3.63, 3.8) is 0 Å². The highest BCUT2D eigenvalue weighted by Gasteiger charge is 2.29. The molecule has 1 aromatic rings. The molecular weight excluding hydrogens is 350 g/mol. The van der Waals surface area contributed by atoms with Crippen molar-refractivity contribution in [2.75, 3.05) is 18.6 Å². The van der Waals surface area contributed by atoms with Crippen LogP contribution in [0, 0.1) is 0 Å². The number of ether oxygens (including phenoxy) is 1. The van der Waals surface area contributed by atoms with Gasteiger partial charge in [-0.3, -0.25) is 4.79 Å². The van der Waals surface area contributed by atoms with E-state index in [1.54, 1.807) is 12.0 Å². The standard InChI is InChI=1S/C12H13Br2NO2/c1-17-11-5-4-8(13)7-10(11)15-6-2-3-9(14)12(15)16/h4-5,7,9H,2-3,6H2,1H3. The van der Waals surface area contributed by atoms with E-state index in [1.165, 1.54) is 0 Å². The summed E-state index contributed by atoms with van der Waals surface area (Å²) in [4.78, 5) is 13.8. The van der Waals surface area contributed by atoms with Crippen LogP contribution in [0.1, 0.15) is 12.8 Å². The Hall–Kier alpha value is -0.550. The first kappa shape index (κ1) is 12.9. The van der Waals surface area contributed by atoms with Gasteiger partial charge in [-0.1, -0.05) is 31.9 Å². The van der Waals surface area contributed by atoms with Gasteiger partial charge in [-0.05, 0) is 31.0 Å². The number of carbonyl (C=O) groups excluding carboxylic acids is 1. The van der Waals surface area contributed by atoms with Crippen LogP contribution in [0.4, 0.5) is 5.69 Å². The highest BCUT2D eigenvalue weighted by atomic mass is 79.9. The molecule has 0 bridgehead atoms. The van der Waals surface area contributed by atoms with Crippen molar-refractivity contribution in [2.45, 2.75) is 17.7 Å². The lowest BCUT2D eigenvalue weighted by Gasteiger charge is -2.30. The van der Waals surface area contributed by atoms with Gasteiger partial charge in [-0.25, -0.2) is 0 Å². The Morgan fingerprint density at radius 2 is 2.24 bits per heavy atom. The zero-order valence-corrected chi connectivity index (χ0v) is 12.6. The Kier molecular flexibility index (Phi) is 4.09. The lowest BCUT2D eigenvalue weighted by Crippen LogP contribution is -2.41. The molecule has 1 aromatic carbocycles. The van der Waals surface area contributed by atoms with Crippen LogP contribution in [0.3, 0.4) is 0 Å². The van der Waals surface area contributed by atoms with Crippen LogP contribution in [0.15, 0.2) is 22.7 Å². The summed E-state index contributed by atoms with van der Waals surface area (Å²) >= 11 is 6.83. The van der Waals surface area contributed by atoms with E-state index in [2.05, 4.69) is 31.9 Å². The number of methoxy groups -OCH3 is 1. The van der Waals surface area contributed by atoms with Crippen LogP contribution in [-0.2, 0) is 4.79 Å². The number of piperidine rings is 1. The van der Waals surface area contributed by atoms with Crippen molar-refractivity contribution in [2.24, 2.45) is 0 Å². The summed E-state index contributed by atoms with van der Waals surface area (Å²) in [6, 6.07) is 5.69. The number of carbonyl (C=O) groups is 1. The van der Waals surface area contributed by atoms with Gasteiger partial charge >= 0.3 is 0 Å². The third-order valence-corrected chi connectivity index (χ3v) is 4.15. The summed E-state index contributed by atoms with van der Waals surface area (Å²) in [6.45, 7) is 0.744. The fourth-order valence-electron chi connectivity index (χ4n) is 1.94. The molecule has 0 saturated carbocycles. The molecule has 0 radical (unpaired) electrons. The zero-order valence-electron chi connectivity index (χ0n) is 9.45. The first-order valence-electron chi connectivity index (χ1n) is 5.42. The van der Waals surface area contributed by atoms with E-state index >= 15 is 0 Å². The van der Waals surface area contributed by atoms with Gasteiger partial charge in [0.25, 0.3) is 0 Å². The minimum absolute atomic E-state index is 0.0834. The van der Waals surface area contributed by atoms with Crippen LogP contribution < -0.4 is 9.64 Å². The average Bonchev–Trinajstić information content (AvgIpc) is 2.33. The molecule has 1 atom stereocenters. The maximum Gasteiger partial charge on any atom is 0.240 e. The predicted octanol–water partition coefficient (Wildman–Crippen LogP) is 3.35. The van der Waals surface area contributed by atoms with E-state index in [0.29, 0.717) is 0 Å². The Balaban J connectivity index is 2.38. The van der Waals surface area contributed by atoms with E-state index in [4.69, 9.17) is 4.74 Å². The third kappa shape index (κ3) is 2.65. The summed E-state index contributed by atoms with van der Waals surface area (Å²) in [7, 11) is 1.62. The van der Waals surface area contributed by atoms with Crippen molar-refractivity contribution in [1.29, 1.82) is 0 Å². The quantitative estimate of drug-likeness (QED) is 0.755. The summed E-state index contributed by atoms with van der Waals surface area (Å²) in [5.41, 5.74) is 0.830. The molecule has 0 N–H and O–H groups in total.